The predicted molar refractivity (Wildman–Crippen MR) is 73.5 cm³/mol. The standard InChI is InChI=1S/C14H8BrClF2O/c15-11-6-8(17)4-5-9(11)14(19)7-10-12(16)2-1-3-13(10)18/h1-6H,7H2. The van der Waals surface area contributed by atoms with Crippen molar-refractivity contribution in [2.45, 2.75) is 6.42 Å². The van der Waals surface area contributed by atoms with Crippen molar-refractivity contribution in [3.05, 3.63) is 68.7 Å². The van der Waals surface area contributed by atoms with Crippen LogP contribution < -0.4 is 0 Å². The first-order valence-electron chi connectivity index (χ1n) is 5.40. The van der Waals surface area contributed by atoms with Gasteiger partial charge in [-0.15, -0.1) is 0 Å². The zero-order valence-electron chi connectivity index (χ0n) is 9.59. The second-order valence-corrected chi connectivity index (χ2v) is 5.19. The van der Waals surface area contributed by atoms with Crippen LogP contribution in [0.5, 0.6) is 0 Å². The van der Waals surface area contributed by atoms with Crippen molar-refractivity contribution in [2.24, 2.45) is 0 Å². The van der Waals surface area contributed by atoms with E-state index >= 15 is 0 Å². The van der Waals surface area contributed by atoms with Crippen molar-refractivity contribution in [1.29, 1.82) is 0 Å². The van der Waals surface area contributed by atoms with Gasteiger partial charge in [0, 0.05) is 27.0 Å². The maximum absolute atomic E-state index is 13.6. The summed E-state index contributed by atoms with van der Waals surface area (Å²) < 4.78 is 26.9. The molecule has 0 aliphatic heterocycles. The molecule has 0 bridgehead atoms. The lowest BCUT2D eigenvalue weighted by Crippen LogP contribution is -2.07. The SMILES string of the molecule is O=C(Cc1c(F)cccc1Cl)c1ccc(F)cc1Br. The predicted octanol–water partition coefficient (Wildman–Crippen LogP) is 4.81. The second kappa shape index (κ2) is 5.80. The number of hydrogen-bond acceptors (Lipinski definition) is 1. The van der Waals surface area contributed by atoms with Gasteiger partial charge in [-0.05, 0) is 46.3 Å². The highest BCUT2D eigenvalue weighted by molar-refractivity contribution is 9.10. The average Bonchev–Trinajstić information content (AvgIpc) is 2.33. The smallest absolute Gasteiger partial charge is 0.168 e. The Morgan fingerprint density at radius 2 is 1.95 bits per heavy atom. The largest absolute Gasteiger partial charge is 0.294 e. The summed E-state index contributed by atoms with van der Waals surface area (Å²) in [4.78, 5) is 12.1. The fourth-order valence-corrected chi connectivity index (χ4v) is 2.47. The van der Waals surface area contributed by atoms with E-state index in [1.807, 2.05) is 0 Å². The zero-order valence-corrected chi connectivity index (χ0v) is 11.9. The Bertz CT molecular complexity index is 623. The van der Waals surface area contributed by atoms with Crippen molar-refractivity contribution in [1.82, 2.24) is 0 Å². The Kier molecular flexibility index (Phi) is 4.32. The van der Waals surface area contributed by atoms with Crippen LogP contribution in [0.2, 0.25) is 5.02 Å². The maximum Gasteiger partial charge on any atom is 0.168 e. The van der Waals surface area contributed by atoms with Crippen LogP contribution in [0.25, 0.3) is 0 Å². The van der Waals surface area contributed by atoms with Gasteiger partial charge in [-0.25, -0.2) is 8.78 Å². The topological polar surface area (TPSA) is 17.1 Å². The normalized spacial score (nSPS) is 10.5. The van der Waals surface area contributed by atoms with E-state index in [9.17, 15) is 13.6 Å². The third-order valence-electron chi connectivity index (χ3n) is 2.63. The van der Waals surface area contributed by atoms with E-state index in [1.54, 1.807) is 0 Å². The quantitative estimate of drug-likeness (QED) is 0.730. The minimum atomic E-state index is -0.529. The van der Waals surface area contributed by atoms with Crippen LogP contribution >= 0.6 is 27.5 Å². The van der Waals surface area contributed by atoms with Crippen molar-refractivity contribution in [2.75, 3.05) is 0 Å². The Hall–Kier alpha value is -1.26. The molecule has 2 rings (SSSR count). The average molecular weight is 346 g/mol. The number of benzene rings is 2. The number of carbonyl (C=O) groups excluding carboxylic acids is 1. The summed E-state index contributed by atoms with van der Waals surface area (Å²) in [7, 11) is 0. The van der Waals surface area contributed by atoms with Gasteiger partial charge in [0.25, 0.3) is 0 Å². The number of halogens is 4. The molecule has 2 aromatic rings. The van der Waals surface area contributed by atoms with Gasteiger partial charge in [0.2, 0.25) is 0 Å². The number of carbonyl (C=O) groups is 1. The number of hydrogen-bond donors (Lipinski definition) is 0. The highest BCUT2D eigenvalue weighted by Crippen LogP contribution is 2.24. The van der Waals surface area contributed by atoms with Crippen molar-refractivity contribution >= 4 is 33.3 Å². The highest BCUT2D eigenvalue weighted by atomic mass is 79.9. The summed E-state index contributed by atoms with van der Waals surface area (Å²) in [5.74, 6) is -1.31. The summed E-state index contributed by atoms with van der Waals surface area (Å²) in [5, 5.41) is 0.201. The van der Waals surface area contributed by atoms with E-state index in [0.29, 0.717) is 10.0 Å². The van der Waals surface area contributed by atoms with Gasteiger partial charge in [-0.3, -0.25) is 4.79 Å². The molecule has 0 spiro atoms. The molecule has 0 aromatic heterocycles. The molecule has 19 heavy (non-hydrogen) atoms. The van der Waals surface area contributed by atoms with Crippen LogP contribution in [-0.2, 0) is 6.42 Å². The van der Waals surface area contributed by atoms with E-state index in [1.165, 1.54) is 36.4 Å². The number of rotatable bonds is 3. The highest BCUT2D eigenvalue weighted by Gasteiger charge is 2.16. The first kappa shape index (κ1) is 14.2. The third-order valence-corrected chi connectivity index (χ3v) is 3.64. The molecular weight excluding hydrogens is 338 g/mol. The fourth-order valence-electron chi connectivity index (χ4n) is 1.67. The first-order chi connectivity index (χ1) is 8.99. The van der Waals surface area contributed by atoms with Gasteiger partial charge in [0.1, 0.15) is 11.6 Å². The minimum Gasteiger partial charge on any atom is -0.294 e. The number of Topliss-reactive ketones (excluding diaryl/α,β-unsaturated/α-hetero) is 1. The Balaban J connectivity index is 2.31. The first-order valence-corrected chi connectivity index (χ1v) is 6.57. The molecule has 2 aromatic carbocycles. The molecule has 0 atom stereocenters. The third kappa shape index (κ3) is 3.19. The van der Waals surface area contributed by atoms with Crippen LogP contribution in [-0.4, -0.2) is 5.78 Å². The molecule has 0 saturated carbocycles. The maximum atomic E-state index is 13.6. The molecule has 0 saturated heterocycles. The van der Waals surface area contributed by atoms with Crippen LogP contribution in [0.3, 0.4) is 0 Å². The molecule has 0 N–H and O–H groups in total. The fraction of sp³-hybridized carbons (Fsp3) is 0.0714. The van der Waals surface area contributed by atoms with Gasteiger partial charge >= 0.3 is 0 Å². The molecule has 0 amide bonds. The molecule has 0 radical (unpaired) electrons. The lowest BCUT2D eigenvalue weighted by atomic mass is 10.0. The second-order valence-electron chi connectivity index (χ2n) is 3.92. The van der Waals surface area contributed by atoms with E-state index in [0.717, 1.165) is 0 Å². The van der Waals surface area contributed by atoms with Gasteiger partial charge in [-0.2, -0.15) is 0 Å². The Morgan fingerprint density at radius 3 is 2.58 bits per heavy atom. The van der Waals surface area contributed by atoms with E-state index in [-0.39, 0.29) is 22.8 Å². The Labute approximate surface area is 122 Å². The molecule has 1 nitrogen and oxygen atoms in total. The molecule has 0 aliphatic carbocycles. The summed E-state index contributed by atoms with van der Waals surface area (Å²) in [6.07, 6.45) is -0.171. The van der Waals surface area contributed by atoms with Gasteiger partial charge in [-0.1, -0.05) is 17.7 Å². The Morgan fingerprint density at radius 1 is 1.21 bits per heavy atom. The van der Waals surface area contributed by atoms with E-state index in [4.69, 9.17) is 11.6 Å². The monoisotopic (exact) mass is 344 g/mol. The van der Waals surface area contributed by atoms with Crippen LogP contribution in [0.4, 0.5) is 8.78 Å². The summed E-state index contributed by atoms with van der Waals surface area (Å²) >= 11 is 8.97. The van der Waals surface area contributed by atoms with Gasteiger partial charge in [0.05, 0.1) is 0 Å². The number of ketones is 1. The van der Waals surface area contributed by atoms with Crippen LogP contribution in [0, 0.1) is 11.6 Å². The van der Waals surface area contributed by atoms with Gasteiger partial charge < -0.3 is 0 Å². The van der Waals surface area contributed by atoms with E-state index < -0.39 is 11.6 Å². The van der Waals surface area contributed by atoms with Crippen LogP contribution in [0.1, 0.15) is 15.9 Å². The van der Waals surface area contributed by atoms with Crippen LogP contribution in [0.15, 0.2) is 40.9 Å². The molecular formula is C14H8BrClF2O. The molecule has 5 heteroatoms. The molecule has 0 heterocycles. The molecule has 0 unspecified atom stereocenters. The van der Waals surface area contributed by atoms with Crippen molar-refractivity contribution in [3.8, 4) is 0 Å². The molecule has 0 fully saturated rings. The summed E-state index contributed by atoms with van der Waals surface area (Å²) in [6.45, 7) is 0. The molecule has 0 aliphatic rings. The van der Waals surface area contributed by atoms with Crippen molar-refractivity contribution in [3.63, 3.8) is 0 Å². The van der Waals surface area contributed by atoms with E-state index in [2.05, 4.69) is 15.9 Å². The van der Waals surface area contributed by atoms with Gasteiger partial charge in [0.15, 0.2) is 5.78 Å². The molecule has 98 valence electrons. The minimum absolute atomic E-state index is 0.144. The van der Waals surface area contributed by atoms with Crippen molar-refractivity contribution < 1.29 is 13.6 Å². The zero-order chi connectivity index (χ0) is 14.0. The summed E-state index contributed by atoms with van der Waals surface area (Å²) in [6, 6.07) is 7.97. The summed E-state index contributed by atoms with van der Waals surface area (Å²) in [5.41, 5.74) is 0.436. The lowest BCUT2D eigenvalue weighted by molar-refractivity contribution is 0.0991. The lowest BCUT2D eigenvalue weighted by Gasteiger charge is -2.07.